The quantitative estimate of drug-likeness (QED) is 0.632. The number of hydrogen-bond acceptors (Lipinski definition) is 5. The van der Waals surface area contributed by atoms with Gasteiger partial charge in [0.2, 0.25) is 0 Å². The lowest BCUT2D eigenvalue weighted by Crippen LogP contribution is -2.43. The van der Waals surface area contributed by atoms with Crippen LogP contribution in [0.15, 0.2) is 51.8 Å². The van der Waals surface area contributed by atoms with Gasteiger partial charge in [-0.3, -0.25) is 0 Å². The zero-order valence-corrected chi connectivity index (χ0v) is 17.9. The molecule has 3 rings (SSSR count). The predicted molar refractivity (Wildman–Crippen MR) is 116 cm³/mol. The Balaban J connectivity index is 1.69. The number of hydrogen-bond donors (Lipinski definition) is 2. The second-order valence-electron chi connectivity index (χ2n) is 6.85. The van der Waals surface area contributed by atoms with Crippen molar-refractivity contribution in [3.8, 4) is 0 Å². The topological polar surface area (TPSA) is 61.4 Å². The number of nitrogens with zero attached hydrogens (tertiary/aromatic N) is 1. The number of rotatable bonds is 7. The minimum Gasteiger partial charge on any atom is -0.384 e. The van der Waals surface area contributed by atoms with Crippen LogP contribution in [-0.2, 0) is 16.3 Å². The molecule has 27 heavy (non-hydrogen) atoms. The Morgan fingerprint density at radius 2 is 1.93 bits per heavy atom. The number of aryl methyl sites for hydroxylation is 1. The van der Waals surface area contributed by atoms with E-state index in [1.165, 1.54) is 11.8 Å². The summed E-state index contributed by atoms with van der Waals surface area (Å²) in [5.41, 5.74) is 3.03. The van der Waals surface area contributed by atoms with Crippen molar-refractivity contribution in [3.63, 3.8) is 0 Å². The summed E-state index contributed by atoms with van der Waals surface area (Å²) in [6, 6.07) is 13.9. The van der Waals surface area contributed by atoms with Gasteiger partial charge in [-0.1, -0.05) is 28.1 Å². The van der Waals surface area contributed by atoms with Crippen LogP contribution >= 0.6 is 15.9 Å². The van der Waals surface area contributed by atoms with Gasteiger partial charge in [0.05, 0.1) is 10.6 Å². The molecule has 1 heterocycles. The number of benzene rings is 2. The van der Waals surface area contributed by atoms with E-state index in [4.69, 9.17) is 0 Å². The molecule has 0 bridgehead atoms. The minimum atomic E-state index is -3.28. The van der Waals surface area contributed by atoms with E-state index < -0.39 is 9.84 Å². The second kappa shape index (κ2) is 9.08. The van der Waals surface area contributed by atoms with E-state index in [9.17, 15) is 8.42 Å². The second-order valence-corrected chi connectivity index (χ2v) is 9.75. The van der Waals surface area contributed by atoms with E-state index >= 15 is 0 Å². The standard InChI is InChI=1S/C20H26BrN3O2S/c1-27(25,26)20-8-7-18(24-12-10-22-11-13-24)15-19(20)23-9-3-5-16-4-2-6-17(21)14-16/h2,4,6-8,14-15,22-23H,3,5,9-13H2,1H3. The van der Waals surface area contributed by atoms with Crippen LogP contribution in [-0.4, -0.2) is 47.4 Å². The summed E-state index contributed by atoms with van der Waals surface area (Å²) in [4.78, 5) is 2.65. The number of halogens is 1. The Hall–Kier alpha value is -1.57. The summed E-state index contributed by atoms with van der Waals surface area (Å²) in [6.45, 7) is 4.48. The van der Waals surface area contributed by atoms with Gasteiger partial charge in [0, 0.05) is 49.1 Å². The number of sulfone groups is 1. The van der Waals surface area contributed by atoms with Crippen LogP contribution in [0.1, 0.15) is 12.0 Å². The first-order valence-electron chi connectivity index (χ1n) is 9.21. The van der Waals surface area contributed by atoms with Crippen LogP contribution in [0, 0.1) is 0 Å². The third kappa shape index (κ3) is 5.70. The smallest absolute Gasteiger partial charge is 0.177 e. The van der Waals surface area contributed by atoms with Gasteiger partial charge in [0.1, 0.15) is 0 Å². The van der Waals surface area contributed by atoms with E-state index in [1.807, 2.05) is 24.3 Å². The molecule has 146 valence electrons. The van der Waals surface area contributed by atoms with Gasteiger partial charge >= 0.3 is 0 Å². The molecule has 0 radical (unpaired) electrons. The molecule has 1 aliphatic rings. The first-order valence-corrected chi connectivity index (χ1v) is 11.9. The van der Waals surface area contributed by atoms with Gasteiger partial charge in [0.15, 0.2) is 9.84 Å². The first-order chi connectivity index (χ1) is 12.9. The molecule has 0 aliphatic carbocycles. The molecular weight excluding hydrogens is 426 g/mol. The lowest BCUT2D eigenvalue weighted by Gasteiger charge is -2.30. The summed E-state index contributed by atoms with van der Waals surface area (Å²) in [6.07, 6.45) is 3.13. The van der Waals surface area contributed by atoms with Crippen LogP contribution in [0.4, 0.5) is 11.4 Å². The van der Waals surface area contributed by atoms with Crippen molar-refractivity contribution >= 4 is 37.1 Å². The molecule has 2 aromatic carbocycles. The molecular formula is C20H26BrN3O2S. The average Bonchev–Trinajstić information content (AvgIpc) is 2.65. The van der Waals surface area contributed by atoms with Gasteiger partial charge in [-0.2, -0.15) is 0 Å². The highest BCUT2D eigenvalue weighted by atomic mass is 79.9. The van der Waals surface area contributed by atoms with Gasteiger partial charge in [0.25, 0.3) is 0 Å². The molecule has 0 saturated carbocycles. The van der Waals surface area contributed by atoms with Crippen LogP contribution in [0.5, 0.6) is 0 Å². The Kier molecular flexibility index (Phi) is 6.78. The van der Waals surface area contributed by atoms with Gasteiger partial charge in [-0.15, -0.1) is 0 Å². The van der Waals surface area contributed by atoms with Crippen molar-refractivity contribution in [2.24, 2.45) is 0 Å². The number of piperazine rings is 1. The maximum Gasteiger partial charge on any atom is 0.177 e. The van der Waals surface area contributed by atoms with E-state index in [1.54, 1.807) is 6.07 Å². The third-order valence-corrected chi connectivity index (χ3v) is 6.34. The van der Waals surface area contributed by atoms with E-state index in [0.29, 0.717) is 10.6 Å². The van der Waals surface area contributed by atoms with Crippen molar-refractivity contribution in [1.29, 1.82) is 0 Å². The van der Waals surface area contributed by atoms with E-state index in [-0.39, 0.29) is 0 Å². The summed E-state index contributed by atoms with van der Waals surface area (Å²) < 4.78 is 25.4. The fourth-order valence-corrected chi connectivity index (χ4v) is 4.60. The lowest BCUT2D eigenvalue weighted by atomic mass is 10.1. The van der Waals surface area contributed by atoms with Crippen LogP contribution < -0.4 is 15.5 Å². The fraction of sp³-hybridized carbons (Fsp3) is 0.400. The van der Waals surface area contributed by atoms with Crippen molar-refractivity contribution in [3.05, 3.63) is 52.5 Å². The van der Waals surface area contributed by atoms with Crippen molar-refractivity contribution in [1.82, 2.24) is 5.32 Å². The van der Waals surface area contributed by atoms with E-state index in [2.05, 4.69) is 43.6 Å². The lowest BCUT2D eigenvalue weighted by molar-refractivity contribution is 0.589. The normalized spacial score (nSPS) is 15.0. The summed E-state index contributed by atoms with van der Waals surface area (Å²) in [7, 11) is -3.28. The maximum atomic E-state index is 12.2. The molecule has 2 N–H and O–H groups in total. The van der Waals surface area contributed by atoms with Crippen LogP contribution in [0.3, 0.4) is 0 Å². The Morgan fingerprint density at radius 1 is 1.15 bits per heavy atom. The fourth-order valence-electron chi connectivity index (χ4n) is 3.31. The molecule has 1 saturated heterocycles. The molecule has 0 spiro atoms. The van der Waals surface area contributed by atoms with Crippen molar-refractivity contribution < 1.29 is 8.42 Å². The molecule has 0 unspecified atom stereocenters. The molecule has 1 fully saturated rings. The monoisotopic (exact) mass is 451 g/mol. The highest BCUT2D eigenvalue weighted by molar-refractivity contribution is 9.10. The Labute approximate surface area is 170 Å². The highest BCUT2D eigenvalue weighted by Gasteiger charge is 2.17. The minimum absolute atomic E-state index is 0.365. The van der Waals surface area contributed by atoms with Gasteiger partial charge < -0.3 is 15.5 Å². The van der Waals surface area contributed by atoms with Crippen LogP contribution in [0.2, 0.25) is 0 Å². The molecule has 5 nitrogen and oxygen atoms in total. The van der Waals surface area contributed by atoms with Gasteiger partial charge in [-0.05, 0) is 48.7 Å². The van der Waals surface area contributed by atoms with Crippen molar-refractivity contribution in [2.75, 3.05) is 49.2 Å². The van der Waals surface area contributed by atoms with Crippen LogP contribution in [0.25, 0.3) is 0 Å². The Bertz CT molecular complexity index is 881. The molecule has 1 aliphatic heterocycles. The molecule has 0 aromatic heterocycles. The summed E-state index contributed by atoms with van der Waals surface area (Å²) >= 11 is 3.49. The largest absolute Gasteiger partial charge is 0.384 e. The number of anilines is 2. The zero-order chi connectivity index (χ0) is 19.3. The maximum absolute atomic E-state index is 12.2. The average molecular weight is 452 g/mol. The Morgan fingerprint density at radius 3 is 2.63 bits per heavy atom. The molecule has 0 atom stereocenters. The molecule has 0 amide bonds. The highest BCUT2D eigenvalue weighted by Crippen LogP contribution is 2.28. The van der Waals surface area contributed by atoms with Gasteiger partial charge in [-0.25, -0.2) is 8.42 Å². The summed E-state index contributed by atoms with van der Waals surface area (Å²) in [5, 5.41) is 6.69. The first kappa shape index (κ1) is 20.2. The third-order valence-electron chi connectivity index (χ3n) is 4.69. The van der Waals surface area contributed by atoms with Crippen molar-refractivity contribution in [2.45, 2.75) is 17.7 Å². The molecule has 7 heteroatoms. The van der Waals surface area contributed by atoms with E-state index in [0.717, 1.165) is 55.7 Å². The summed E-state index contributed by atoms with van der Waals surface area (Å²) in [5.74, 6) is 0. The predicted octanol–water partition coefficient (Wildman–Crippen LogP) is 3.31. The zero-order valence-electron chi connectivity index (χ0n) is 15.5. The molecule has 2 aromatic rings. The number of nitrogens with one attached hydrogen (secondary N) is 2. The SMILES string of the molecule is CS(=O)(=O)c1ccc(N2CCNCC2)cc1NCCCc1cccc(Br)c1.